The highest BCUT2D eigenvalue weighted by molar-refractivity contribution is 7.17. The summed E-state index contributed by atoms with van der Waals surface area (Å²) < 4.78 is 1.31. The lowest BCUT2D eigenvalue weighted by atomic mass is 10.1. The van der Waals surface area contributed by atoms with Gasteiger partial charge in [-0.1, -0.05) is 12.1 Å². The largest absolute Gasteiger partial charge is 0.321 e. The number of hydrogen-bond acceptors (Lipinski definition) is 2. The molecule has 0 unspecified atom stereocenters. The first-order valence-electron chi connectivity index (χ1n) is 4.16. The molecule has 1 aromatic carbocycles. The molecule has 0 amide bonds. The third-order valence-corrected chi connectivity index (χ3v) is 3.01. The van der Waals surface area contributed by atoms with E-state index in [1.165, 1.54) is 10.1 Å². The first kappa shape index (κ1) is 8.48. The SMILES string of the molecule is C=C[C@@H](N)c1ccc2sccc2c1. The van der Waals surface area contributed by atoms with E-state index in [4.69, 9.17) is 5.73 Å². The van der Waals surface area contributed by atoms with E-state index < -0.39 is 0 Å². The molecule has 0 spiro atoms. The van der Waals surface area contributed by atoms with Crippen molar-refractivity contribution in [3.05, 3.63) is 47.9 Å². The van der Waals surface area contributed by atoms with Gasteiger partial charge >= 0.3 is 0 Å². The third kappa shape index (κ3) is 1.50. The van der Waals surface area contributed by atoms with E-state index in [9.17, 15) is 0 Å². The summed E-state index contributed by atoms with van der Waals surface area (Å²) >= 11 is 1.75. The van der Waals surface area contributed by atoms with Crippen LogP contribution in [-0.4, -0.2) is 0 Å². The molecule has 0 bridgehead atoms. The smallest absolute Gasteiger partial charge is 0.0478 e. The monoisotopic (exact) mass is 189 g/mol. The van der Waals surface area contributed by atoms with Gasteiger partial charge in [0.25, 0.3) is 0 Å². The highest BCUT2D eigenvalue weighted by atomic mass is 32.1. The maximum Gasteiger partial charge on any atom is 0.0478 e. The lowest BCUT2D eigenvalue weighted by Gasteiger charge is -2.05. The minimum Gasteiger partial charge on any atom is -0.321 e. The van der Waals surface area contributed by atoms with E-state index in [1.54, 1.807) is 17.4 Å². The van der Waals surface area contributed by atoms with Crippen molar-refractivity contribution in [1.82, 2.24) is 0 Å². The van der Waals surface area contributed by atoms with Gasteiger partial charge in [-0.15, -0.1) is 17.9 Å². The van der Waals surface area contributed by atoms with Gasteiger partial charge in [0.05, 0.1) is 0 Å². The zero-order chi connectivity index (χ0) is 9.26. The van der Waals surface area contributed by atoms with Gasteiger partial charge in [-0.3, -0.25) is 0 Å². The van der Waals surface area contributed by atoms with Crippen LogP contribution in [0, 0.1) is 0 Å². The molecule has 2 N–H and O–H groups in total. The normalized spacial score (nSPS) is 13.0. The lowest BCUT2D eigenvalue weighted by molar-refractivity contribution is 0.917. The average molecular weight is 189 g/mol. The molecule has 0 aliphatic heterocycles. The maximum atomic E-state index is 5.84. The Labute approximate surface area is 81.5 Å². The molecule has 1 atom stereocenters. The van der Waals surface area contributed by atoms with Crippen molar-refractivity contribution in [3.63, 3.8) is 0 Å². The van der Waals surface area contributed by atoms with Crippen LogP contribution in [0.15, 0.2) is 42.3 Å². The van der Waals surface area contributed by atoms with Crippen LogP contribution < -0.4 is 5.73 Å². The summed E-state index contributed by atoms with van der Waals surface area (Å²) in [4.78, 5) is 0. The fourth-order valence-electron chi connectivity index (χ4n) is 1.33. The molecular formula is C11H11NS. The Morgan fingerprint density at radius 2 is 2.23 bits per heavy atom. The van der Waals surface area contributed by atoms with Crippen LogP contribution in [0.1, 0.15) is 11.6 Å². The molecule has 2 aromatic rings. The Morgan fingerprint density at radius 3 is 3.00 bits per heavy atom. The Bertz CT molecular complexity index is 430. The molecule has 66 valence electrons. The van der Waals surface area contributed by atoms with Crippen LogP contribution in [0.3, 0.4) is 0 Å². The second kappa shape index (κ2) is 3.32. The highest BCUT2D eigenvalue weighted by Crippen LogP contribution is 2.23. The molecule has 0 radical (unpaired) electrons. The standard InChI is InChI=1S/C11H11NS/c1-2-10(12)8-3-4-11-9(7-8)5-6-13-11/h2-7,10H,1,12H2/t10-/m1/s1. The fraction of sp³-hybridized carbons (Fsp3) is 0.0909. The fourth-order valence-corrected chi connectivity index (χ4v) is 2.10. The minimum atomic E-state index is -0.0516. The molecule has 1 aromatic heterocycles. The maximum absolute atomic E-state index is 5.84. The minimum absolute atomic E-state index is 0.0516. The quantitative estimate of drug-likeness (QED) is 0.722. The Kier molecular flexibility index (Phi) is 2.17. The summed E-state index contributed by atoms with van der Waals surface area (Å²) in [7, 11) is 0. The predicted molar refractivity (Wildman–Crippen MR) is 59.0 cm³/mol. The number of benzene rings is 1. The van der Waals surface area contributed by atoms with Crippen molar-refractivity contribution in [2.45, 2.75) is 6.04 Å². The van der Waals surface area contributed by atoms with E-state index >= 15 is 0 Å². The van der Waals surface area contributed by atoms with Gasteiger partial charge in [0.2, 0.25) is 0 Å². The van der Waals surface area contributed by atoms with E-state index in [2.05, 4.69) is 36.2 Å². The van der Waals surface area contributed by atoms with Gasteiger partial charge in [-0.05, 0) is 34.5 Å². The summed E-state index contributed by atoms with van der Waals surface area (Å²) in [5.74, 6) is 0. The van der Waals surface area contributed by atoms with E-state index in [0.29, 0.717) is 0 Å². The van der Waals surface area contributed by atoms with Crippen molar-refractivity contribution in [2.24, 2.45) is 5.73 Å². The number of thiophene rings is 1. The molecule has 2 heteroatoms. The molecule has 0 saturated carbocycles. The summed E-state index contributed by atoms with van der Waals surface area (Å²) in [6, 6.07) is 8.35. The zero-order valence-electron chi connectivity index (χ0n) is 7.23. The Morgan fingerprint density at radius 1 is 1.38 bits per heavy atom. The molecule has 0 aliphatic carbocycles. The molecule has 1 nitrogen and oxygen atoms in total. The first-order chi connectivity index (χ1) is 6.31. The molecule has 0 saturated heterocycles. The number of nitrogens with two attached hydrogens (primary N) is 1. The first-order valence-corrected chi connectivity index (χ1v) is 5.04. The second-order valence-corrected chi connectivity index (χ2v) is 3.93. The van der Waals surface area contributed by atoms with Crippen molar-refractivity contribution in [1.29, 1.82) is 0 Å². The summed E-state index contributed by atoms with van der Waals surface area (Å²) in [5.41, 5.74) is 6.97. The van der Waals surface area contributed by atoms with Gasteiger partial charge < -0.3 is 5.73 Å². The van der Waals surface area contributed by atoms with Crippen LogP contribution in [0.5, 0.6) is 0 Å². The molecular weight excluding hydrogens is 178 g/mol. The molecule has 0 aliphatic rings. The van der Waals surface area contributed by atoms with Gasteiger partial charge in [0.15, 0.2) is 0 Å². The topological polar surface area (TPSA) is 26.0 Å². The average Bonchev–Trinajstić information content (AvgIpc) is 2.63. The summed E-state index contributed by atoms with van der Waals surface area (Å²) in [6.07, 6.45) is 1.76. The number of rotatable bonds is 2. The lowest BCUT2D eigenvalue weighted by Crippen LogP contribution is -2.05. The second-order valence-electron chi connectivity index (χ2n) is 2.98. The van der Waals surface area contributed by atoms with Crippen LogP contribution in [0.2, 0.25) is 0 Å². The number of fused-ring (bicyclic) bond motifs is 1. The molecule has 1 heterocycles. The summed E-state index contributed by atoms with van der Waals surface area (Å²) in [5, 5.41) is 3.35. The van der Waals surface area contributed by atoms with Crippen LogP contribution in [0.4, 0.5) is 0 Å². The van der Waals surface area contributed by atoms with E-state index in [0.717, 1.165) is 5.56 Å². The summed E-state index contributed by atoms with van der Waals surface area (Å²) in [6.45, 7) is 3.68. The van der Waals surface area contributed by atoms with Crippen molar-refractivity contribution < 1.29 is 0 Å². The van der Waals surface area contributed by atoms with Gasteiger partial charge in [-0.25, -0.2) is 0 Å². The molecule has 0 fully saturated rings. The Hall–Kier alpha value is -1.12. The highest BCUT2D eigenvalue weighted by Gasteiger charge is 2.02. The van der Waals surface area contributed by atoms with Crippen LogP contribution in [-0.2, 0) is 0 Å². The van der Waals surface area contributed by atoms with Gasteiger partial charge in [0.1, 0.15) is 0 Å². The van der Waals surface area contributed by atoms with Crippen molar-refractivity contribution in [2.75, 3.05) is 0 Å². The van der Waals surface area contributed by atoms with E-state index in [1.807, 2.05) is 0 Å². The predicted octanol–water partition coefficient (Wildman–Crippen LogP) is 3.09. The number of hydrogen-bond donors (Lipinski definition) is 1. The zero-order valence-corrected chi connectivity index (χ0v) is 8.05. The third-order valence-electron chi connectivity index (χ3n) is 2.12. The van der Waals surface area contributed by atoms with Crippen LogP contribution in [0.25, 0.3) is 10.1 Å². The van der Waals surface area contributed by atoms with Crippen LogP contribution >= 0.6 is 11.3 Å². The van der Waals surface area contributed by atoms with Gasteiger partial charge in [0, 0.05) is 10.7 Å². The van der Waals surface area contributed by atoms with Crippen molar-refractivity contribution in [3.8, 4) is 0 Å². The van der Waals surface area contributed by atoms with E-state index in [-0.39, 0.29) is 6.04 Å². The molecule has 2 rings (SSSR count). The Balaban J connectivity index is 2.53. The van der Waals surface area contributed by atoms with Gasteiger partial charge in [-0.2, -0.15) is 0 Å². The molecule has 13 heavy (non-hydrogen) atoms. The van der Waals surface area contributed by atoms with Crippen molar-refractivity contribution >= 4 is 21.4 Å².